The lowest BCUT2D eigenvalue weighted by molar-refractivity contribution is -0.385. The van der Waals surface area contributed by atoms with E-state index < -0.39 is 28.0 Å². The van der Waals surface area contributed by atoms with Gasteiger partial charge in [-0.2, -0.15) is 5.26 Å². The van der Waals surface area contributed by atoms with Crippen molar-refractivity contribution >= 4 is 17.7 Å². The largest absolute Gasteiger partial charge is 0.462 e. The Morgan fingerprint density at radius 2 is 2.32 bits per heavy atom. The van der Waals surface area contributed by atoms with Crippen molar-refractivity contribution in [2.45, 2.75) is 6.92 Å². The Kier molecular flexibility index (Phi) is 4.71. The van der Waals surface area contributed by atoms with Crippen LogP contribution in [0.25, 0.3) is 6.08 Å². The molecule has 98 valence electrons. The van der Waals surface area contributed by atoms with Gasteiger partial charge in [0.05, 0.1) is 23.2 Å². The zero-order chi connectivity index (χ0) is 14.4. The number of carbonyl (C=O) groups is 1. The molecule has 0 fully saturated rings. The van der Waals surface area contributed by atoms with Crippen molar-refractivity contribution in [3.8, 4) is 6.07 Å². The summed E-state index contributed by atoms with van der Waals surface area (Å²) in [5.74, 6) is -1.66. The lowest BCUT2D eigenvalue weighted by Gasteiger charge is -2.01. The third kappa shape index (κ3) is 3.61. The first-order chi connectivity index (χ1) is 8.99. The number of rotatable bonds is 4. The summed E-state index contributed by atoms with van der Waals surface area (Å²) in [6.45, 7) is 1.64. The van der Waals surface area contributed by atoms with Gasteiger partial charge >= 0.3 is 5.97 Å². The van der Waals surface area contributed by atoms with Crippen LogP contribution in [0, 0.1) is 27.3 Å². The van der Waals surface area contributed by atoms with Crippen molar-refractivity contribution in [2.75, 3.05) is 6.61 Å². The van der Waals surface area contributed by atoms with Gasteiger partial charge in [0, 0.05) is 0 Å². The van der Waals surface area contributed by atoms with Crippen LogP contribution >= 0.6 is 0 Å². The minimum atomic E-state index is -0.886. The van der Waals surface area contributed by atoms with Gasteiger partial charge in [0.25, 0.3) is 5.69 Å². The first-order valence-corrected chi connectivity index (χ1v) is 5.22. The van der Waals surface area contributed by atoms with E-state index >= 15 is 0 Å². The predicted molar refractivity (Wildman–Crippen MR) is 63.3 cm³/mol. The summed E-state index contributed by atoms with van der Waals surface area (Å²) in [6, 6.07) is 4.41. The molecule has 0 saturated heterocycles. The van der Waals surface area contributed by atoms with E-state index in [-0.39, 0.29) is 12.2 Å². The van der Waals surface area contributed by atoms with Gasteiger partial charge in [-0.3, -0.25) is 10.1 Å². The molecule has 6 nitrogen and oxygen atoms in total. The van der Waals surface area contributed by atoms with E-state index in [0.717, 1.165) is 18.2 Å². The predicted octanol–water partition coefficient (Wildman–Crippen LogP) is 2.20. The number of hydrogen-bond donors (Lipinski definition) is 0. The molecule has 0 aliphatic heterocycles. The second-order valence-electron chi connectivity index (χ2n) is 3.35. The molecule has 7 heteroatoms. The summed E-state index contributed by atoms with van der Waals surface area (Å²) in [5, 5.41) is 19.6. The lowest BCUT2D eigenvalue weighted by Crippen LogP contribution is -2.06. The summed E-state index contributed by atoms with van der Waals surface area (Å²) >= 11 is 0. The molecular weight excluding hydrogens is 255 g/mol. The van der Waals surface area contributed by atoms with E-state index in [1.165, 1.54) is 0 Å². The number of hydrogen-bond acceptors (Lipinski definition) is 5. The van der Waals surface area contributed by atoms with Gasteiger partial charge in [0.1, 0.15) is 17.5 Å². The molecule has 0 aromatic heterocycles. The van der Waals surface area contributed by atoms with Crippen molar-refractivity contribution in [3.63, 3.8) is 0 Å². The van der Waals surface area contributed by atoms with E-state index in [1.54, 1.807) is 13.0 Å². The monoisotopic (exact) mass is 264 g/mol. The first-order valence-electron chi connectivity index (χ1n) is 5.22. The maximum atomic E-state index is 12.9. The van der Waals surface area contributed by atoms with Gasteiger partial charge in [0.2, 0.25) is 0 Å². The van der Waals surface area contributed by atoms with Crippen molar-refractivity contribution in [3.05, 3.63) is 45.3 Å². The molecule has 0 spiro atoms. The zero-order valence-corrected chi connectivity index (χ0v) is 9.92. The molecule has 0 heterocycles. The number of nitro benzene ring substituents is 1. The average molecular weight is 264 g/mol. The summed E-state index contributed by atoms with van der Waals surface area (Å²) in [5.41, 5.74) is -0.968. The second-order valence-corrected chi connectivity index (χ2v) is 3.35. The Labute approximate surface area is 107 Å². The molecule has 0 aliphatic rings. The van der Waals surface area contributed by atoms with Crippen LogP contribution < -0.4 is 0 Å². The normalized spacial score (nSPS) is 10.7. The Hall–Kier alpha value is -2.75. The van der Waals surface area contributed by atoms with E-state index in [9.17, 15) is 19.3 Å². The number of nitriles is 1. The van der Waals surface area contributed by atoms with Crippen LogP contribution in [0.1, 0.15) is 12.5 Å². The van der Waals surface area contributed by atoms with Crippen LogP contribution in [0.2, 0.25) is 0 Å². The molecule has 0 atom stereocenters. The number of nitrogens with zero attached hydrogens (tertiary/aromatic N) is 2. The molecule has 1 aromatic rings. The average Bonchev–Trinajstić information content (AvgIpc) is 2.37. The van der Waals surface area contributed by atoms with Gasteiger partial charge in [0.15, 0.2) is 0 Å². The Bertz CT molecular complexity index is 590. The summed E-state index contributed by atoms with van der Waals surface area (Å²) < 4.78 is 17.5. The number of nitro groups is 1. The highest BCUT2D eigenvalue weighted by Crippen LogP contribution is 2.22. The van der Waals surface area contributed by atoms with E-state index in [0.29, 0.717) is 6.07 Å². The molecule has 19 heavy (non-hydrogen) atoms. The number of ether oxygens (including phenoxy) is 1. The van der Waals surface area contributed by atoms with Gasteiger partial charge in [-0.25, -0.2) is 9.18 Å². The fourth-order valence-corrected chi connectivity index (χ4v) is 1.30. The number of benzene rings is 1. The smallest absolute Gasteiger partial charge is 0.348 e. The summed E-state index contributed by atoms with van der Waals surface area (Å²) in [6.07, 6.45) is 0.996. The molecule has 0 unspecified atom stereocenters. The SMILES string of the molecule is CCOC(=O)/C(C#N)=C/c1ccc(F)cc1[N+](=O)[O-]. The highest BCUT2D eigenvalue weighted by molar-refractivity contribution is 5.98. The molecule has 1 aromatic carbocycles. The van der Waals surface area contributed by atoms with Crippen LogP contribution in [0.4, 0.5) is 10.1 Å². The number of esters is 1. The minimum absolute atomic E-state index is 0.0454. The molecule has 0 saturated carbocycles. The Morgan fingerprint density at radius 1 is 1.63 bits per heavy atom. The van der Waals surface area contributed by atoms with Crippen LogP contribution in [-0.2, 0) is 9.53 Å². The molecule has 1 rings (SSSR count). The maximum Gasteiger partial charge on any atom is 0.348 e. The molecule has 0 bridgehead atoms. The van der Waals surface area contributed by atoms with Gasteiger partial charge in [-0.05, 0) is 25.1 Å². The lowest BCUT2D eigenvalue weighted by atomic mass is 10.1. The number of halogens is 1. The number of carbonyl (C=O) groups excluding carboxylic acids is 1. The van der Waals surface area contributed by atoms with Gasteiger partial charge in [-0.15, -0.1) is 0 Å². The molecule has 0 aliphatic carbocycles. The van der Waals surface area contributed by atoms with Crippen LogP contribution in [0.5, 0.6) is 0 Å². The van der Waals surface area contributed by atoms with Crippen molar-refractivity contribution in [1.29, 1.82) is 5.26 Å². The second kappa shape index (κ2) is 6.26. The molecule has 0 N–H and O–H groups in total. The summed E-state index contributed by atoms with van der Waals surface area (Å²) in [7, 11) is 0. The fraction of sp³-hybridized carbons (Fsp3) is 0.167. The van der Waals surface area contributed by atoms with Gasteiger partial charge in [-0.1, -0.05) is 0 Å². The Morgan fingerprint density at radius 3 is 2.84 bits per heavy atom. The van der Waals surface area contributed by atoms with Crippen molar-refractivity contribution in [1.82, 2.24) is 0 Å². The van der Waals surface area contributed by atoms with Crippen molar-refractivity contribution < 1.29 is 18.8 Å². The molecule has 0 amide bonds. The standard InChI is InChI=1S/C12H9FN2O4/c1-2-19-12(16)9(7-14)5-8-3-4-10(13)6-11(8)15(17)18/h3-6H,2H2,1H3/b9-5+. The third-order valence-corrected chi connectivity index (χ3v) is 2.10. The quantitative estimate of drug-likeness (QED) is 0.273. The minimum Gasteiger partial charge on any atom is -0.462 e. The first kappa shape index (κ1) is 14.3. The van der Waals surface area contributed by atoms with Crippen LogP contribution in [0.3, 0.4) is 0 Å². The van der Waals surface area contributed by atoms with E-state index in [2.05, 4.69) is 4.74 Å². The van der Waals surface area contributed by atoms with E-state index in [4.69, 9.17) is 5.26 Å². The topological polar surface area (TPSA) is 93.2 Å². The maximum absolute atomic E-state index is 12.9. The highest BCUT2D eigenvalue weighted by Gasteiger charge is 2.16. The highest BCUT2D eigenvalue weighted by atomic mass is 19.1. The molecular formula is C12H9FN2O4. The van der Waals surface area contributed by atoms with Crippen LogP contribution in [-0.4, -0.2) is 17.5 Å². The fourth-order valence-electron chi connectivity index (χ4n) is 1.30. The molecule has 0 radical (unpaired) electrons. The zero-order valence-electron chi connectivity index (χ0n) is 9.92. The summed E-state index contributed by atoms with van der Waals surface area (Å²) in [4.78, 5) is 21.3. The Balaban J connectivity index is 3.26. The van der Waals surface area contributed by atoms with E-state index in [1.807, 2.05) is 0 Å². The van der Waals surface area contributed by atoms with Crippen molar-refractivity contribution in [2.24, 2.45) is 0 Å². The third-order valence-electron chi connectivity index (χ3n) is 2.10. The van der Waals surface area contributed by atoms with Crippen LogP contribution in [0.15, 0.2) is 23.8 Å². The van der Waals surface area contributed by atoms with Gasteiger partial charge < -0.3 is 4.74 Å².